The SMILES string of the molecule is O=C(O)CC1CCC(Oc2ccc(NC(=O)c3nnc(Nc4ccc(F)c(F)c4)o3)cn2)CC1. The molecule has 34 heavy (non-hydrogen) atoms. The van der Waals surface area contributed by atoms with E-state index in [1.54, 1.807) is 12.1 Å². The molecule has 1 amide bonds. The molecule has 12 heteroatoms. The van der Waals surface area contributed by atoms with Crippen molar-refractivity contribution in [1.82, 2.24) is 15.2 Å². The average Bonchev–Trinajstić information content (AvgIpc) is 3.27. The first kappa shape index (κ1) is 23.1. The Morgan fingerprint density at radius 3 is 2.50 bits per heavy atom. The van der Waals surface area contributed by atoms with E-state index >= 15 is 0 Å². The minimum absolute atomic E-state index is 0.0307. The molecule has 0 unspecified atom stereocenters. The Kier molecular flexibility index (Phi) is 6.95. The first-order valence-corrected chi connectivity index (χ1v) is 10.6. The Labute approximate surface area is 192 Å². The number of pyridine rings is 1. The van der Waals surface area contributed by atoms with Crippen molar-refractivity contribution in [3.8, 4) is 5.88 Å². The summed E-state index contributed by atoms with van der Waals surface area (Å²) >= 11 is 0. The first-order valence-electron chi connectivity index (χ1n) is 10.6. The number of ether oxygens (including phenoxy) is 1. The Morgan fingerprint density at radius 1 is 1.06 bits per heavy atom. The molecule has 2 heterocycles. The summed E-state index contributed by atoms with van der Waals surface area (Å²) in [6.45, 7) is 0. The highest BCUT2D eigenvalue weighted by atomic mass is 19.2. The van der Waals surface area contributed by atoms with Gasteiger partial charge in [0.1, 0.15) is 6.10 Å². The largest absolute Gasteiger partial charge is 0.481 e. The number of carboxylic acids is 1. The topological polar surface area (TPSA) is 139 Å². The molecule has 0 spiro atoms. The average molecular weight is 473 g/mol. The molecule has 2 aromatic heterocycles. The molecule has 178 valence electrons. The molecular weight excluding hydrogens is 452 g/mol. The smallest absolute Gasteiger partial charge is 0.320 e. The number of hydrogen-bond donors (Lipinski definition) is 3. The summed E-state index contributed by atoms with van der Waals surface area (Å²) in [5.74, 6) is -3.27. The highest BCUT2D eigenvalue weighted by Gasteiger charge is 2.24. The van der Waals surface area contributed by atoms with Crippen LogP contribution in [0.15, 0.2) is 40.9 Å². The van der Waals surface area contributed by atoms with Crippen LogP contribution < -0.4 is 15.4 Å². The molecule has 3 N–H and O–H groups in total. The van der Waals surface area contributed by atoms with Crippen molar-refractivity contribution in [1.29, 1.82) is 0 Å². The lowest BCUT2D eigenvalue weighted by molar-refractivity contribution is -0.138. The maximum Gasteiger partial charge on any atom is 0.320 e. The van der Waals surface area contributed by atoms with E-state index in [0.717, 1.165) is 37.8 Å². The van der Waals surface area contributed by atoms with Gasteiger partial charge < -0.3 is 24.9 Å². The predicted molar refractivity (Wildman–Crippen MR) is 115 cm³/mol. The van der Waals surface area contributed by atoms with Crippen molar-refractivity contribution in [2.45, 2.75) is 38.2 Å². The third-order valence-electron chi connectivity index (χ3n) is 5.33. The van der Waals surface area contributed by atoms with Gasteiger partial charge in [-0.05, 0) is 49.8 Å². The summed E-state index contributed by atoms with van der Waals surface area (Å²) in [6.07, 6.45) is 4.68. The minimum Gasteiger partial charge on any atom is -0.481 e. The van der Waals surface area contributed by atoms with Crippen LogP contribution in [-0.2, 0) is 4.79 Å². The Morgan fingerprint density at radius 2 is 1.82 bits per heavy atom. The number of rotatable bonds is 8. The number of benzene rings is 1. The van der Waals surface area contributed by atoms with Crippen molar-refractivity contribution in [3.63, 3.8) is 0 Å². The third kappa shape index (κ3) is 6.03. The van der Waals surface area contributed by atoms with Crippen LogP contribution in [0.5, 0.6) is 5.88 Å². The number of carboxylic acid groups (broad SMARTS) is 1. The molecule has 0 aliphatic heterocycles. The molecule has 10 nitrogen and oxygen atoms in total. The number of anilines is 3. The lowest BCUT2D eigenvalue weighted by Gasteiger charge is -2.27. The molecule has 4 rings (SSSR count). The van der Waals surface area contributed by atoms with Gasteiger partial charge in [-0.25, -0.2) is 13.8 Å². The molecule has 0 saturated heterocycles. The van der Waals surface area contributed by atoms with Gasteiger partial charge in [0.05, 0.1) is 11.9 Å². The zero-order valence-electron chi connectivity index (χ0n) is 17.8. The molecule has 1 saturated carbocycles. The van der Waals surface area contributed by atoms with Gasteiger partial charge in [0, 0.05) is 24.2 Å². The summed E-state index contributed by atoms with van der Waals surface area (Å²) in [5, 5.41) is 21.3. The summed E-state index contributed by atoms with van der Waals surface area (Å²) < 4.78 is 37.4. The van der Waals surface area contributed by atoms with Gasteiger partial charge >= 0.3 is 23.8 Å². The molecule has 3 aromatic rings. The molecular formula is C22H21F2N5O5. The van der Waals surface area contributed by atoms with Crippen molar-refractivity contribution in [2.24, 2.45) is 5.92 Å². The van der Waals surface area contributed by atoms with E-state index < -0.39 is 23.5 Å². The standard InChI is InChI=1S/C22H21F2N5O5/c23-16-7-3-13(10-17(16)24)27-22-29-28-21(34-22)20(32)26-14-4-8-18(25-11-14)33-15-5-1-12(2-6-15)9-19(30)31/h3-4,7-8,10-12,15H,1-2,5-6,9H2,(H,26,32)(H,27,29)(H,30,31). The van der Waals surface area contributed by atoms with Crippen molar-refractivity contribution >= 4 is 29.3 Å². The molecule has 1 aliphatic carbocycles. The molecule has 1 fully saturated rings. The third-order valence-corrected chi connectivity index (χ3v) is 5.33. The number of nitrogens with zero attached hydrogens (tertiary/aromatic N) is 3. The number of carbonyl (C=O) groups excluding carboxylic acids is 1. The molecule has 0 atom stereocenters. The number of amides is 1. The van der Waals surface area contributed by atoms with E-state index in [0.29, 0.717) is 11.6 Å². The lowest BCUT2D eigenvalue weighted by atomic mass is 9.85. The van der Waals surface area contributed by atoms with Crippen LogP contribution in [0.1, 0.15) is 42.8 Å². The van der Waals surface area contributed by atoms with Gasteiger partial charge in [0.2, 0.25) is 5.88 Å². The van der Waals surface area contributed by atoms with Gasteiger partial charge in [-0.15, -0.1) is 5.10 Å². The van der Waals surface area contributed by atoms with E-state index in [-0.39, 0.29) is 36.0 Å². The second-order valence-electron chi connectivity index (χ2n) is 7.86. The predicted octanol–water partition coefficient (Wildman–Crippen LogP) is 4.15. The highest BCUT2D eigenvalue weighted by molar-refractivity contribution is 6.00. The normalized spacial score (nSPS) is 17.7. The van der Waals surface area contributed by atoms with Crippen molar-refractivity contribution < 1.29 is 32.6 Å². The van der Waals surface area contributed by atoms with Gasteiger partial charge in [0.15, 0.2) is 11.6 Å². The quantitative estimate of drug-likeness (QED) is 0.440. The van der Waals surface area contributed by atoms with E-state index in [2.05, 4.69) is 25.8 Å². The number of hydrogen-bond acceptors (Lipinski definition) is 8. The summed E-state index contributed by atoms with van der Waals surface area (Å²) in [4.78, 5) is 27.4. The molecule has 1 aromatic carbocycles. The maximum absolute atomic E-state index is 13.3. The summed E-state index contributed by atoms with van der Waals surface area (Å²) in [6, 6.07) is 6.18. The number of nitrogens with one attached hydrogen (secondary N) is 2. The van der Waals surface area contributed by atoms with E-state index in [1.165, 1.54) is 12.3 Å². The van der Waals surface area contributed by atoms with Crippen LogP contribution in [0.2, 0.25) is 0 Å². The second kappa shape index (κ2) is 10.2. The molecule has 1 aliphatic rings. The maximum atomic E-state index is 13.3. The van der Waals surface area contributed by atoms with Crippen LogP contribution in [0, 0.1) is 17.6 Å². The molecule has 0 radical (unpaired) electrons. The fourth-order valence-electron chi connectivity index (χ4n) is 3.64. The lowest BCUT2D eigenvalue weighted by Crippen LogP contribution is -2.25. The van der Waals surface area contributed by atoms with E-state index in [4.69, 9.17) is 14.3 Å². The fraction of sp³-hybridized carbons (Fsp3) is 0.318. The van der Waals surface area contributed by atoms with Gasteiger partial charge in [-0.3, -0.25) is 9.59 Å². The number of carbonyl (C=O) groups is 2. The summed E-state index contributed by atoms with van der Waals surface area (Å²) in [5.41, 5.74) is 0.542. The van der Waals surface area contributed by atoms with E-state index in [9.17, 15) is 18.4 Å². The Bertz CT molecular complexity index is 1160. The highest BCUT2D eigenvalue weighted by Crippen LogP contribution is 2.29. The number of aromatic nitrogens is 3. The first-order chi connectivity index (χ1) is 16.4. The number of aliphatic carboxylic acids is 1. The van der Waals surface area contributed by atoms with E-state index in [1.807, 2.05) is 0 Å². The van der Waals surface area contributed by atoms with Crippen LogP contribution in [0.3, 0.4) is 0 Å². The fourth-order valence-corrected chi connectivity index (χ4v) is 3.64. The van der Waals surface area contributed by atoms with Crippen LogP contribution >= 0.6 is 0 Å². The summed E-state index contributed by atoms with van der Waals surface area (Å²) in [7, 11) is 0. The second-order valence-corrected chi connectivity index (χ2v) is 7.86. The van der Waals surface area contributed by atoms with Crippen molar-refractivity contribution in [3.05, 3.63) is 54.1 Å². The number of halogens is 2. The Hall–Kier alpha value is -4.09. The van der Waals surface area contributed by atoms with Gasteiger partial charge in [-0.2, -0.15) is 0 Å². The van der Waals surface area contributed by atoms with Crippen LogP contribution in [-0.4, -0.2) is 38.3 Å². The van der Waals surface area contributed by atoms with Gasteiger partial charge in [0.25, 0.3) is 0 Å². The minimum atomic E-state index is -1.05. The van der Waals surface area contributed by atoms with Crippen LogP contribution in [0.4, 0.5) is 26.2 Å². The van der Waals surface area contributed by atoms with Crippen molar-refractivity contribution in [2.75, 3.05) is 10.6 Å². The Balaban J connectivity index is 1.28. The van der Waals surface area contributed by atoms with Gasteiger partial charge in [-0.1, -0.05) is 5.10 Å². The zero-order chi connectivity index (χ0) is 24.1. The monoisotopic (exact) mass is 473 g/mol. The molecule has 0 bridgehead atoms. The van der Waals surface area contributed by atoms with Crippen LogP contribution in [0.25, 0.3) is 0 Å². The zero-order valence-corrected chi connectivity index (χ0v) is 17.8.